The molecule has 0 aliphatic rings. The standard InChI is InChI=1S/C8H9NO3S/c1-13(12)5-6-3-2-4-7(9-6)8(10)11/h2-4H,5H2,1H3,(H,10,11). The van der Waals surface area contributed by atoms with E-state index in [2.05, 4.69) is 4.98 Å². The van der Waals surface area contributed by atoms with E-state index in [0.29, 0.717) is 11.4 Å². The molecule has 13 heavy (non-hydrogen) atoms. The monoisotopic (exact) mass is 199 g/mol. The number of carboxylic acids is 1. The van der Waals surface area contributed by atoms with Crippen molar-refractivity contribution in [1.82, 2.24) is 4.98 Å². The first-order valence-electron chi connectivity index (χ1n) is 3.59. The third-order valence-corrected chi connectivity index (χ3v) is 2.08. The Balaban J connectivity index is 2.91. The van der Waals surface area contributed by atoms with Gasteiger partial charge in [-0.1, -0.05) is 6.07 Å². The molecule has 1 atom stereocenters. The first-order valence-corrected chi connectivity index (χ1v) is 5.31. The normalized spacial score (nSPS) is 12.4. The van der Waals surface area contributed by atoms with Gasteiger partial charge in [0.1, 0.15) is 5.69 Å². The average Bonchev–Trinajstić information content (AvgIpc) is 2.03. The molecule has 0 spiro atoms. The average molecular weight is 199 g/mol. The zero-order chi connectivity index (χ0) is 9.84. The number of pyridine rings is 1. The van der Waals surface area contributed by atoms with Gasteiger partial charge in [-0.25, -0.2) is 9.78 Å². The second-order valence-corrected chi connectivity index (χ2v) is 3.97. The highest BCUT2D eigenvalue weighted by Gasteiger charge is 2.05. The Morgan fingerprint density at radius 1 is 1.62 bits per heavy atom. The molecule has 0 saturated heterocycles. The van der Waals surface area contributed by atoms with Crippen LogP contribution in [-0.2, 0) is 16.6 Å². The molecule has 1 aromatic rings. The van der Waals surface area contributed by atoms with Crippen LogP contribution in [0, 0.1) is 0 Å². The van der Waals surface area contributed by atoms with E-state index < -0.39 is 16.8 Å². The molecule has 1 unspecified atom stereocenters. The van der Waals surface area contributed by atoms with E-state index in [0.717, 1.165) is 0 Å². The first kappa shape index (κ1) is 9.85. The molecule has 0 aliphatic carbocycles. The minimum Gasteiger partial charge on any atom is -0.477 e. The Labute approximate surface area is 78.1 Å². The zero-order valence-electron chi connectivity index (χ0n) is 7.06. The van der Waals surface area contributed by atoms with Gasteiger partial charge >= 0.3 is 5.97 Å². The Kier molecular flexibility index (Phi) is 3.13. The third kappa shape index (κ3) is 2.95. The summed E-state index contributed by atoms with van der Waals surface area (Å²) in [6.45, 7) is 0. The van der Waals surface area contributed by atoms with Crippen molar-refractivity contribution in [3.63, 3.8) is 0 Å². The molecule has 4 nitrogen and oxygen atoms in total. The predicted octanol–water partition coefficient (Wildman–Crippen LogP) is 0.658. The quantitative estimate of drug-likeness (QED) is 0.776. The van der Waals surface area contributed by atoms with E-state index in [1.807, 2.05) is 0 Å². The summed E-state index contributed by atoms with van der Waals surface area (Å²) in [5.74, 6) is -0.773. The first-order chi connectivity index (χ1) is 6.09. The summed E-state index contributed by atoms with van der Waals surface area (Å²) in [5.41, 5.74) is 0.531. The predicted molar refractivity (Wildman–Crippen MR) is 49.0 cm³/mol. The van der Waals surface area contributed by atoms with Crippen LogP contribution in [0.25, 0.3) is 0 Å². The SMILES string of the molecule is CS(=O)Cc1cccc(C(=O)O)n1. The summed E-state index contributed by atoms with van der Waals surface area (Å²) < 4.78 is 10.8. The molecular formula is C8H9NO3S. The van der Waals surface area contributed by atoms with E-state index in [-0.39, 0.29) is 5.69 Å². The summed E-state index contributed by atoms with van der Waals surface area (Å²) in [6, 6.07) is 4.66. The fourth-order valence-electron chi connectivity index (χ4n) is 0.887. The molecule has 5 heteroatoms. The molecule has 0 bridgehead atoms. The Morgan fingerprint density at radius 3 is 2.85 bits per heavy atom. The van der Waals surface area contributed by atoms with Crippen molar-refractivity contribution >= 4 is 16.8 Å². The fraction of sp³-hybridized carbons (Fsp3) is 0.250. The number of aromatic carboxylic acids is 1. The van der Waals surface area contributed by atoms with Gasteiger partial charge in [-0.3, -0.25) is 4.21 Å². The van der Waals surface area contributed by atoms with Gasteiger partial charge in [0.25, 0.3) is 0 Å². The van der Waals surface area contributed by atoms with Crippen LogP contribution in [0.2, 0.25) is 0 Å². The van der Waals surface area contributed by atoms with Crippen LogP contribution in [-0.4, -0.2) is 26.5 Å². The molecule has 0 radical (unpaired) electrons. The highest BCUT2D eigenvalue weighted by Crippen LogP contribution is 2.01. The summed E-state index contributed by atoms with van der Waals surface area (Å²) in [7, 11) is -0.993. The van der Waals surface area contributed by atoms with Crippen molar-refractivity contribution in [3.05, 3.63) is 29.6 Å². The van der Waals surface area contributed by atoms with Gasteiger partial charge in [-0.2, -0.15) is 0 Å². The summed E-state index contributed by atoms with van der Waals surface area (Å²) in [4.78, 5) is 14.3. The Bertz CT molecular complexity index is 351. The molecule has 1 aromatic heterocycles. The topological polar surface area (TPSA) is 67.3 Å². The zero-order valence-corrected chi connectivity index (χ0v) is 7.87. The lowest BCUT2D eigenvalue weighted by atomic mass is 10.3. The molecule has 0 saturated carbocycles. The molecule has 1 heterocycles. The molecule has 0 aliphatic heterocycles. The van der Waals surface area contributed by atoms with Gasteiger partial charge in [0.15, 0.2) is 0 Å². The van der Waals surface area contributed by atoms with Gasteiger partial charge < -0.3 is 5.11 Å². The second-order valence-electron chi connectivity index (χ2n) is 2.54. The van der Waals surface area contributed by atoms with E-state index >= 15 is 0 Å². The molecule has 0 amide bonds. The smallest absolute Gasteiger partial charge is 0.354 e. The molecule has 1 rings (SSSR count). The van der Waals surface area contributed by atoms with Crippen LogP contribution in [0.4, 0.5) is 0 Å². The largest absolute Gasteiger partial charge is 0.477 e. The maximum Gasteiger partial charge on any atom is 0.354 e. The number of carboxylic acid groups (broad SMARTS) is 1. The van der Waals surface area contributed by atoms with Crippen molar-refractivity contribution < 1.29 is 14.1 Å². The van der Waals surface area contributed by atoms with E-state index in [9.17, 15) is 9.00 Å². The van der Waals surface area contributed by atoms with E-state index in [1.54, 1.807) is 18.4 Å². The molecule has 0 aromatic carbocycles. The van der Waals surface area contributed by atoms with Crippen LogP contribution < -0.4 is 0 Å². The molecular weight excluding hydrogens is 190 g/mol. The van der Waals surface area contributed by atoms with Gasteiger partial charge in [0.05, 0.1) is 11.4 Å². The van der Waals surface area contributed by atoms with Crippen molar-refractivity contribution in [2.45, 2.75) is 5.75 Å². The summed E-state index contributed by atoms with van der Waals surface area (Å²) in [5, 5.41) is 8.61. The van der Waals surface area contributed by atoms with Crippen molar-refractivity contribution in [2.75, 3.05) is 6.26 Å². The minimum atomic E-state index is -1.07. The lowest BCUT2D eigenvalue weighted by molar-refractivity contribution is 0.0690. The van der Waals surface area contributed by atoms with Gasteiger partial charge in [0.2, 0.25) is 0 Å². The second kappa shape index (κ2) is 4.13. The number of aromatic nitrogens is 1. The van der Waals surface area contributed by atoms with Crippen molar-refractivity contribution in [2.24, 2.45) is 0 Å². The van der Waals surface area contributed by atoms with Crippen molar-refractivity contribution in [3.8, 4) is 0 Å². The lowest BCUT2D eigenvalue weighted by Gasteiger charge is -1.98. The number of nitrogens with zero attached hydrogens (tertiary/aromatic N) is 1. The van der Waals surface area contributed by atoms with Gasteiger partial charge in [-0.05, 0) is 12.1 Å². The Hall–Kier alpha value is -1.23. The number of hydrogen-bond donors (Lipinski definition) is 1. The number of rotatable bonds is 3. The van der Waals surface area contributed by atoms with Crippen LogP contribution >= 0.6 is 0 Å². The minimum absolute atomic E-state index is 0.0112. The Morgan fingerprint density at radius 2 is 2.31 bits per heavy atom. The molecule has 70 valence electrons. The maximum atomic E-state index is 10.8. The van der Waals surface area contributed by atoms with Crippen LogP contribution in [0.1, 0.15) is 16.2 Å². The molecule has 1 N–H and O–H groups in total. The van der Waals surface area contributed by atoms with E-state index in [1.165, 1.54) is 6.07 Å². The highest BCUT2D eigenvalue weighted by atomic mass is 32.2. The lowest BCUT2D eigenvalue weighted by Crippen LogP contribution is -2.03. The highest BCUT2D eigenvalue weighted by molar-refractivity contribution is 7.83. The number of hydrogen-bond acceptors (Lipinski definition) is 3. The summed E-state index contributed by atoms with van der Waals surface area (Å²) >= 11 is 0. The molecule has 0 fully saturated rings. The van der Waals surface area contributed by atoms with Crippen LogP contribution in [0.5, 0.6) is 0 Å². The fourth-order valence-corrected chi connectivity index (χ4v) is 1.46. The summed E-state index contributed by atoms with van der Waals surface area (Å²) in [6.07, 6.45) is 1.55. The number of carbonyl (C=O) groups is 1. The maximum absolute atomic E-state index is 10.8. The van der Waals surface area contributed by atoms with Crippen LogP contribution in [0.15, 0.2) is 18.2 Å². The third-order valence-electron chi connectivity index (χ3n) is 1.38. The van der Waals surface area contributed by atoms with Gasteiger partial charge in [0, 0.05) is 17.1 Å². The van der Waals surface area contributed by atoms with E-state index in [4.69, 9.17) is 5.11 Å². The van der Waals surface area contributed by atoms with Crippen LogP contribution in [0.3, 0.4) is 0 Å². The van der Waals surface area contributed by atoms with Gasteiger partial charge in [-0.15, -0.1) is 0 Å². The van der Waals surface area contributed by atoms with Crippen molar-refractivity contribution in [1.29, 1.82) is 0 Å².